The molecule has 0 aliphatic carbocycles. The number of hydrogen-bond acceptors (Lipinski definition) is 28. The first-order valence-corrected chi connectivity index (χ1v) is 41.0. The van der Waals surface area contributed by atoms with Crippen molar-refractivity contribution in [3.63, 3.8) is 0 Å². The number of anilines is 12. The summed E-state index contributed by atoms with van der Waals surface area (Å²) in [4.78, 5) is 84.8. The van der Waals surface area contributed by atoms with Crippen molar-refractivity contribution in [2.24, 2.45) is 5.92 Å². The van der Waals surface area contributed by atoms with Crippen LogP contribution in [0.4, 0.5) is 184 Å². The summed E-state index contributed by atoms with van der Waals surface area (Å²) in [5.74, 6) is -0.792. The fourth-order valence-electron chi connectivity index (χ4n) is 13.7. The highest BCUT2D eigenvalue weighted by Crippen LogP contribution is 2.41. The third-order valence-electron chi connectivity index (χ3n) is 20.4. The van der Waals surface area contributed by atoms with E-state index >= 15 is 0 Å². The van der Waals surface area contributed by atoms with Gasteiger partial charge in [0.05, 0.1) is 6.54 Å². The zero-order valence-electron chi connectivity index (χ0n) is 71.0. The van der Waals surface area contributed by atoms with E-state index in [1.165, 1.54) is 79.4 Å². The van der Waals surface area contributed by atoms with Crippen molar-refractivity contribution in [3.05, 3.63) is 192 Å². The van der Waals surface area contributed by atoms with Gasteiger partial charge in [-0.25, -0.2) is 28.7 Å². The summed E-state index contributed by atoms with van der Waals surface area (Å²) in [6.45, 7) is 8.15. The van der Waals surface area contributed by atoms with Gasteiger partial charge in [-0.3, -0.25) is 19.9 Å². The number of pyridine rings is 8. The average molecular weight is 1960 g/mol. The Morgan fingerprint density at radius 1 is 0.277 bits per heavy atom. The predicted octanol–water partition coefficient (Wildman–Crippen LogP) is 21.3. The second kappa shape index (κ2) is 40.4. The Kier molecular flexibility index (Phi) is 29.6. The van der Waals surface area contributed by atoms with E-state index in [9.17, 15) is 114 Å². The standard InChI is InChI=1S/2C21H18F7N7.C21H19F6N7.C20H17F6N7/c1-19(22)7-3-9-35(11-19)18-33-16(13-4-2-5-14(31-13)20(23,24)25)32-17(34-18)30-12-6-8-29-15(10-12)21(26,27)28;1-19(22)6-9-35(10-7-19)18-33-16(13-3-2-4-14(31-13)20(23,24)25)32-17(34-18)30-12-5-8-29-15(11-12)21(26,27)28;1-12-4-3-9-34(11-12)19-32-17(14-5-2-6-15(30-14)20(22,23)24)31-18(33-19)29-13-7-8-28-16(10-13)21(25,26)27;21-19(22,23)14-6-4-5-13(29-14)16-30-17(32-18(31-16)33-9-2-1-3-10-33)28-12-7-8-27-15(11-12)20(24,25)26/h2,4-6,8,10H,3,7,9,11H2,1H3,(H,29,30,32,33,34);2-5,8,11H,6-7,9-10H2,1H3,(H,29,30,32,33,34);2,5-8,10,12H,3-4,9,11H2,1H3,(H,28,29,31,32,33);4-8,11H,1-3,9-10H2,(H,27,28,30,31,32). The minimum atomic E-state index is -4.72. The Bertz CT molecular complexity index is 6180. The highest BCUT2D eigenvalue weighted by molar-refractivity contribution is 5.65. The second-order valence-electron chi connectivity index (χ2n) is 31.5. The predicted molar refractivity (Wildman–Crippen MR) is 441 cm³/mol. The van der Waals surface area contributed by atoms with Crippen LogP contribution in [0.25, 0.3) is 46.1 Å². The van der Waals surface area contributed by atoms with E-state index in [1.54, 1.807) is 4.90 Å². The van der Waals surface area contributed by atoms with Gasteiger partial charge in [0.15, 0.2) is 23.3 Å². The summed E-state index contributed by atoms with van der Waals surface area (Å²) in [5.41, 5.74) is -12.9. The van der Waals surface area contributed by atoms with E-state index in [0.717, 1.165) is 118 Å². The Hall–Kier alpha value is -14.2. The van der Waals surface area contributed by atoms with Crippen LogP contribution >= 0.6 is 0 Å². The van der Waals surface area contributed by atoms with Gasteiger partial charge in [-0.2, -0.15) is 165 Å². The molecule has 2 atom stereocenters. The van der Waals surface area contributed by atoms with E-state index < -0.39 is 106 Å². The lowest BCUT2D eigenvalue weighted by molar-refractivity contribution is -0.141. The molecule has 2 unspecified atom stereocenters. The highest BCUT2D eigenvalue weighted by atomic mass is 19.4. The normalized spacial score (nSPS) is 16.8. The SMILES string of the molecule is CC1(F)CCCN(c2nc(Nc3ccnc(C(F)(F)F)c3)nc(-c3cccc(C(F)(F)F)n3)n2)C1.CC1(F)CCN(c2nc(Nc3ccnc(C(F)(F)F)c3)nc(-c3cccc(C(F)(F)F)n3)n2)CC1.CC1CCCN(c2nc(Nc3ccnc(C(F)(F)F)c3)nc(-c3cccc(C(F)(F)F)n3)n2)C1.FC(F)(F)c1cc(Nc2nc(-c3cccc(C(F)(F)F)n3)nc(N3CCCCC3)n2)ccn1. The fraction of sp³-hybridized carbons (Fsp3) is 0.373. The van der Waals surface area contributed by atoms with Gasteiger partial charge in [-0.15, -0.1) is 0 Å². The molecule has 4 aliphatic rings. The number of nitrogens with one attached hydrogen (secondary N) is 4. The van der Waals surface area contributed by atoms with Crippen molar-refractivity contribution in [3.8, 4) is 46.1 Å². The van der Waals surface area contributed by atoms with Gasteiger partial charge in [0.1, 0.15) is 79.7 Å². The molecule has 0 saturated carbocycles. The van der Waals surface area contributed by atoms with Crippen LogP contribution in [0.15, 0.2) is 146 Å². The average Bonchev–Trinajstić information content (AvgIpc) is 0.797. The summed E-state index contributed by atoms with van der Waals surface area (Å²) in [7, 11) is 0. The number of hydrogen-bond donors (Lipinski definition) is 4. The lowest BCUT2D eigenvalue weighted by Gasteiger charge is -2.35. The highest BCUT2D eigenvalue weighted by Gasteiger charge is 2.42. The summed E-state index contributed by atoms with van der Waals surface area (Å²) >= 11 is 0. The Morgan fingerprint density at radius 2 is 0.547 bits per heavy atom. The topological polar surface area (TPSA) is 319 Å². The number of rotatable bonds is 16. The summed E-state index contributed by atoms with van der Waals surface area (Å²) in [6.07, 6.45) is -27.9. The van der Waals surface area contributed by atoms with Crippen LogP contribution in [0, 0.1) is 5.92 Å². The molecule has 726 valence electrons. The Balaban J connectivity index is 0.000000154. The smallest absolute Gasteiger partial charge is 0.341 e. The van der Waals surface area contributed by atoms with Gasteiger partial charge in [0.2, 0.25) is 47.6 Å². The van der Waals surface area contributed by atoms with Gasteiger partial charge in [-0.05, 0) is 175 Å². The first kappa shape index (κ1) is 100. The van der Waals surface area contributed by atoms with Crippen molar-refractivity contribution in [2.75, 3.05) is 93.2 Å². The fourth-order valence-corrected chi connectivity index (χ4v) is 13.7. The van der Waals surface area contributed by atoms with Crippen LogP contribution in [-0.2, 0) is 49.4 Å². The Labute approximate surface area is 757 Å². The number of aromatic nitrogens is 20. The van der Waals surface area contributed by atoms with Gasteiger partial charge < -0.3 is 40.9 Å². The number of halogens is 26. The molecule has 28 nitrogen and oxygen atoms in total. The maximum absolute atomic E-state index is 14.6. The zero-order chi connectivity index (χ0) is 99.0. The summed E-state index contributed by atoms with van der Waals surface area (Å²) in [5, 5.41) is 10.6. The minimum Gasteiger partial charge on any atom is -0.341 e. The van der Waals surface area contributed by atoms with Crippen molar-refractivity contribution >= 4 is 70.3 Å². The van der Waals surface area contributed by atoms with Gasteiger partial charge >= 0.3 is 49.4 Å². The van der Waals surface area contributed by atoms with Crippen molar-refractivity contribution in [2.45, 2.75) is 139 Å². The monoisotopic (exact) mass is 1950 g/mol. The molecule has 4 fully saturated rings. The number of nitrogens with zero attached hydrogens (tertiary/aromatic N) is 24. The third-order valence-corrected chi connectivity index (χ3v) is 20.4. The molecule has 0 spiro atoms. The maximum Gasteiger partial charge on any atom is 0.433 e. The molecule has 4 saturated heterocycles. The molecule has 12 aromatic rings. The first-order chi connectivity index (χ1) is 64.2. The minimum absolute atomic E-state index is 0.00874. The lowest BCUT2D eigenvalue weighted by Crippen LogP contribution is -2.44. The largest absolute Gasteiger partial charge is 0.433 e. The molecule has 16 rings (SSSR count). The zero-order valence-corrected chi connectivity index (χ0v) is 71.0. The quantitative estimate of drug-likeness (QED) is 0.0653. The van der Waals surface area contributed by atoms with Crippen LogP contribution in [-0.4, -0.2) is 163 Å². The van der Waals surface area contributed by atoms with E-state index in [2.05, 4.69) is 128 Å². The Morgan fingerprint density at radius 3 is 0.832 bits per heavy atom. The van der Waals surface area contributed by atoms with Crippen molar-refractivity contribution in [1.82, 2.24) is 99.7 Å². The second-order valence-corrected chi connectivity index (χ2v) is 31.5. The van der Waals surface area contributed by atoms with Crippen LogP contribution in [0.3, 0.4) is 0 Å². The summed E-state index contributed by atoms with van der Waals surface area (Å²) in [6, 6.07) is 21.1. The van der Waals surface area contributed by atoms with E-state index in [0.29, 0.717) is 51.5 Å². The molecule has 4 aliphatic heterocycles. The van der Waals surface area contributed by atoms with Crippen LogP contribution in [0.5, 0.6) is 0 Å². The van der Waals surface area contributed by atoms with Crippen molar-refractivity contribution in [1.29, 1.82) is 0 Å². The third kappa shape index (κ3) is 27.6. The van der Waals surface area contributed by atoms with E-state index in [1.807, 2.05) is 9.80 Å². The molecular weight excluding hydrogens is 1880 g/mol. The van der Waals surface area contributed by atoms with Crippen LogP contribution in [0.1, 0.15) is 124 Å². The first-order valence-electron chi connectivity index (χ1n) is 41.0. The molecule has 54 heteroatoms. The van der Waals surface area contributed by atoms with Crippen molar-refractivity contribution < 1.29 is 114 Å². The molecular formula is C83H72F26N28. The lowest BCUT2D eigenvalue weighted by atomic mass is 9.96. The molecule has 16 heterocycles. The number of piperidine rings is 4. The van der Waals surface area contributed by atoms with E-state index in [-0.39, 0.29) is 149 Å². The molecule has 4 N–H and O–H groups in total. The molecule has 0 bridgehead atoms. The van der Waals surface area contributed by atoms with Crippen LogP contribution < -0.4 is 40.9 Å². The van der Waals surface area contributed by atoms with Gasteiger partial charge in [-0.1, -0.05) is 31.2 Å². The maximum atomic E-state index is 14.6. The molecule has 137 heavy (non-hydrogen) atoms. The molecule has 0 amide bonds. The molecule has 0 aromatic carbocycles. The molecule has 0 radical (unpaired) electrons. The van der Waals surface area contributed by atoms with Gasteiger partial charge in [0.25, 0.3) is 0 Å². The summed E-state index contributed by atoms with van der Waals surface area (Å²) < 4.78 is 343. The van der Waals surface area contributed by atoms with E-state index in [4.69, 9.17) is 0 Å². The van der Waals surface area contributed by atoms with Gasteiger partial charge in [0, 0.05) is 93.4 Å². The molecule has 12 aromatic heterocycles. The number of alkyl halides is 26. The van der Waals surface area contributed by atoms with Crippen LogP contribution in [0.2, 0.25) is 0 Å².